The zero-order valence-electron chi connectivity index (χ0n) is 10.2. The van der Waals surface area contributed by atoms with Gasteiger partial charge in [0.15, 0.2) is 9.84 Å². The second kappa shape index (κ2) is 5.40. The maximum Gasteiger partial charge on any atom is 0.179 e. The fourth-order valence-corrected chi connectivity index (χ4v) is 3.77. The molecule has 1 rings (SSSR count). The van der Waals surface area contributed by atoms with Crippen molar-refractivity contribution in [2.45, 2.75) is 18.7 Å². The molecule has 0 saturated carbocycles. The Balaban J connectivity index is 3.05. The Morgan fingerprint density at radius 2 is 2.00 bits per heavy atom. The van der Waals surface area contributed by atoms with Gasteiger partial charge in [-0.25, -0.2) is 8.42 Å². The average Bonchev–Trinajstić information content (AvgIpc) is 2.28. The van der Waals surface area contributed by atoms with E-state index in [1.165, 1.54) is 7.11 Å². The maximum atomic E-state index is 12.2. The van der Waals surface area contributed by atoms with E-state index in [0.29, 0.717) is 16.0 Å². The fraction of sp³-hybridized carbons (Fsp3) is 0.500. The molecule has 0 aliphatic rings. The summed E-state index contributed by atoms with van der Waals surface area (Å²) in [5.41, 5.74) is -0.290. The van der Waals surface area contributed by atoms with Crippen LogP contribution >= 0.6 is 15.9 Å². The van der Waals surface area contributed by atoms with E-state index in [9.17, 15) is 8.42 Å². The van der Waals surface area contributed by atoms with E-state index in [4.69, 9.17) is 4.74 Å². The zero-order chi connectivity index (χ0) is 13.1. The van der Waals surface area contributed by atoms with Gasteiger partial charge in [-0.3, -0.25) is 0 Å². The lowest BCUT2D eigenvalue weighted by Gasteiger charge is -2.21. The molecule has 3 nitrogen and oxygen atoms in total. The third kappa shape index (κ3) is 4.00. The Morgan fingerprint density at radius 3 is 2.53 bits per heavy atom. The van der Waals surface area contributed by atoms with Crippen LogP contribution in [0.1, 0.15) is 13.8 Å². The molecule has 0 spiro atoms. The van der Waals surface area contributed by atoms with Crippen LogP contribution in [0.25, 0.3) is 0 Å². The third-order valence-electron chi connectivity index (χ3n) is 2.34. The Kier molecular flexibility index (Phi) is 4.61. The van der Waals surface area contributed by atoms with Crippen LogP contribution in [0.4, 0.5) is 0 Å². The first-order valence-electron chi connectivity index (χ1n) is 5.23. The lowest BCUT2D eigenvalue weighted by molar-refractivity contribution is 0.413. The largest absolute Gasteiger partial charge is 0.497 e. The van der Waals surface area contributed by atoms with Gasteiger partial charge < -0.3 is 4.74 Å². The molecule has 0 aliphatic carbocycles. The summed E-state index contributed by atoms with van der Waals surface area (Å²) in [6, 6.07) is 6.57. The monoisotopic (exact) mass is 320 g/mol. The van der Waals surface area contributed by atoms with E-state index >= 15 is 0 Å². The molecule has 1 aromatic carbocycles. The molecule has 0 atom stereocenters. The van der Waals surface area contributed by atoms with Crippen molar-refractivity contribution in [3.05, 3.63) is 24.3 Å². The van der Waals surface area contributed by atoms with Crippen LogP contribution in [0.15, 0.2) is 29.2 Å². The van der Waals surface area contributed by atoms with E-state index in [1.54, 1.807) is 24.3 Å². The molecule has 0 unspecified atom stereocenters. The summed E-state index contributed by atoms with van der Waals surface area (Å²) in [5, 5.41) is 0.642. The summed E-state index contributed by atoms with van der Waals surface area (Å²) in [6.07, 6.45) is 0. The number of methoxy groups -OCH3 is 1. The van der Waals surface area contributed by atoms with Gasteiger partial charge in [-0.05, 0) is 23.6 Å². The van der Waals surface area contributed by atoms with E-state index in [2.05, 4.69) is 15.9 Å². The summed E-state index contributed by atoms with van der Waals surface area (Å²) >= 11 is 3.34. The van der Waals surface area contributed by atoms with E-state index < -0.39 is 9.84 Å². The lowest BCUT2D eigenvalue weighted by atomic mass is 10.0. The highest BCUT2D eigenvalue weighted by Crippen LogP contribution is 2.26. The molecule has 0 bridgehead atoms. The Labute approximate surface area is 111 Å². The molecule has 0 heterocycles. The van der Waals surface area contributed by atoms with Gasteiger partial charge >= 0.3 is 0 Å². The van der Waals surface area contributed by atoms with Crippen molar-refractivity contribution in [2.75, 3.05) is 18.2 Å². The summed E-state index contributed by atoms with van der Waals surface area (Å²) in [7, 11) is -1.75. The van der Waals surface area contributed by atoms with Gasteiger partial charge in [0.25, 0.3) is 0 Å². The normalized spacial score (nSPS) is 12.5. The number of rotatable bonds is 5. The first kappa shape index (κ1) is 14.5. The topological polar surface area (TPSA) is 43.4 Å². The molecule has 0 amide bonds. The smallest absolute Gasteiger partial charge is 0.179 e. The molecule has 17 heavy (non-hydrogen) atoms. The minimum Gasteiger partial charge on any atom is -0.497 e. The second-order valence-corrected chi connectivity index (χ2v) is 7.29. The number of hydrogen-bond acceptors (Lipinski definition) is 3. The highest BCUT2D eigenvalue weighted by molar-refractivity contribution is 9.09. The first-order chi connectivity index (χ1) is 7.80. The molecule has 5 heteroatoms. The van der Waals surface area contributed by atoms with Gasteiger partial charge in [0, 0.05) is 5.33 Å². The number of alkyl halides is 1. The molecule has 1 aromatic rings. The van der Waals surface area contributed by atoms with E-state index in [1.807, 2.05) is 13.8 Å². The molecule has 0 radical (unpaired) electrons. The SMILES string of the molecule is COc1cccc(S(=O)(=O)CC(C)(C)CBr)c1. The summed E-state index contributed by atoms with van der Waals surface area (Å²) in [4.78, 5) is 0.311. The minimum absolute atomic E-state index is 0.110. The van der Waals surface area contributed by atoms with Gasteiger partial charge in [-0.2, -0.15) is 0 Å². The third-order valence-corrected chi connectivity index (χ3v) is 5.99. The summed E-state index contributed by atoms with van der Waals surface area (Å²) in [5.74, 6) is 0.668. The predicted octanol–water partition coefficient (Wildman–Crippen LogP) is 2.89. The number of sulfone groups is 1. The Hall–Kier alpha value is -0.550. The second-order valence-electron chi connectivity index (χ2n) is 4.74. The number of benzene rings is 1. The molecule has 0 N–H and O–H groups in total. The highest BCUT2D eigenvalue weighted by atomic mass is 79.9. The van der Waals surface area contributed by atoms with Crippen molar-refractivity contribution in [3.8, 4) is 5.75 Å². The summed E-state index contributed by atoms with van der Waals surface area (Å²) < 4.78 is 29.4. The van der Waals surface area contributed by atoms with Gasteiger partial charge in [-0.1, -0.05) is 35.8 Å². The molecular weight excluding hydrogens is 304 g/mol. The first-order valence-corrected chi connectivity index (χ1v) is 8.01. The van der Waals surface area contributed by atoms with Crippen molar-refractivity contribution >= 4 is 25.8 Å². The molecule has 0 saturated heterocycles. The minimum atomic E-state index is -3.27. The Morgan fingerprint density at radius 1 is 1.35 bits per heavy atom. The average molecular weight is 321 g/mol. The van der Waals surface area contributed by atoms with Crippen LogP contribution in [-0.4, -0.2) is 26.6 Å². The fourth-order valence-electron chi connectivity index (χ4n) is 1.43. The van der Waals surface area contributed by atoms with Crippen LogP contribution < -0.4 is 4.74 Å². The maximum absolute atomic E-state index is 12.2. The molecule has 0 aliphatic heterocycles. The van der Waals surface area contributed by atoms with E-state index in [0.717, 1.165) is 0 Å². The van der Waals surface area contributed by atoms with Crippen molar-refractivity contribution in [2.24, 2.45) is 5.41 Å². The van der Waals surface area contributed by atoms with Crippen molar-refractivity contribution < 1.29 is 13.2 Å². The van der Waals surface area contributed by atoms with Crippen LogP contribution in [-0.2, 0) is 9.84 Å². The van der Waals surface area contributed by atoms with Crippen molar-refractivity contribution in [1.29, 1.82) is 0 Å². The number of halogens is 1. The van der Waals surface area contributed by atoms with Gasteiger partial charge in [-0.15, -0.1) is 0 Å². The highest BCUT2D eigenvalue weighted by Gasteiger charge is 2.26. The number of hydrogen-bond donors (Lipinski definition) is 0. The van der Waals surface area contributed by atoms with E-state index in [-0.39, 0.29) is 11.2 Å². The molecular formula is C12H17BrO3S. The van der Waals surface area contributed by atoms with Gasteiger partial charge in [0.2, 0.25) is 0 Å². The Bertz CT molecular complexity index is 480. The molecule has 0 fully saturated rings. The van der Waals surface area contributed by atoms with Crippen LogP contribution in [0, 0.1) is 5.41 Å². The lowest BCUT2D eigenvalue weighted by Crippen LogP contribution is -2.25. The van der Waals surface area contributed by atoms with Crippen molar-refractivity contribution in [1.82, 2.24) is 0 Å². The zero-order valence-corrected chi connectivity index (χ0v) is 12.6. The standard InChI is InChI=1S/C12H17BrO3S/c1-12(2,8-13)9-17(14,15)11-6-4-5-10(7-11)16-3/h4-7H,8-9H2,1-3H3. The quantitative estimate of drug-likeness (QED) is 0.783. The molecule has 96 valence electrons. The van der Waals surface area contributed by atoms with Crippen LogP contribution in [0.2, 0.25) is 0 Å². The van der Waals surface area contributed by atoms with Crippen LogP contribution in [0.5, 0.6) is 5.75 Å². The van der Waals surface area contributed by atoms with Crippen molar-refractivity contribution in [3.63, 3.8) is 0 Å². The van der Waals surface area contributed by atoms with Gasteiger partial charge in [0.05, 0.1) is 17.8 Å². The predicted molar refractivity (Wildman–Crippen MR) is 72.6 cm³/mol. The van der Waals surface area contributed by atoms with Gasteiger partial charge in [0.1, 0.15) is 5.75 Å². The molecule has 0 aromatic heterocycles. The summed E-state index contributed by atoms with van der Waals surface area (Å²) in [6.45, 7) is 3.83. The number of ether oxygens (including phenoxy) is 1. The van der Waals surface area contributed by atoms with Crippen LogP contribution in [0.3, 0.4) is 0 Å².